The first-order chi connectivity index (χ1) is 3.25. The molecule has 0 aromatic carbocycles. The van der Waals surface area contributed by atoms with Crippen molar-refractivity contribution >= 4 is 20.5 Å². The molecule has 48 valence electrons. The molecule has 0 nitrogen and oxygen atoms in total. The zero-order chi connectivity index (χ0) is 7.00. The van der Waals surface area contributed by atoms with E-state index < -0.39 is 0 Å². The molecule has 0 bridgehead atoms. The zero-order valence-corrected chi connectivity index (χ0v) is 7.34. The summed E-state index contributed by atoms with van der Waals surface area (Å²) in [5, 5.41) is 0. The summed E-state index contributed by atoms with van der Waals surface area (Å²) in [7, 11) is 2.14. The molecule has 0 rings (SSSR count). The Morgan fingerprint density at radius 3 is 1.25 bits per heavy atom. The minimum Gasteiger partial charge on any atom is -0.181 e. The first-order valence-corrected chi connectivity index (χ1v) is 3.42. The van der Waals surface area contributed by atoms with Crippen molar-refractivity contribution in [2.75, 3.05) is 0 Å². The molecule has 0 radical (unpaired) electrons. The van der Waals surface area contributed by atoms with Crippen LogP contribution in [0, 0.1) is 5.41 Å². The molecule has 2 heteroatoms. The van der Waals surface area contributed by atoms with Gasteiger partial charge in [-0.2, -0.15) is 12.6 Å². The predicted octanol–water partition coefficient (Wildman–Crippen LogP) is 1.31. The van der Waals surface area contributed by atoms with Gasteiger partial charge in [-0.3, -0.25) is 0 Å². The maximum Gasteiger partial charge on any atom is 0.122 e. The Morgan fingerprint density at radius 1 is 1.12 bits per heavy atom. The van der Waals surface area contributed by atoms with Crippen molar-refractivity contribution in [1.82, 2.24) is 0 Å². The third-order valence-electron chi connectivity index (χ3n) is 1.84. The third-order valence-corrected chi connectivity index (χ3v) is 2.51. The SMILES string of the molecule is BC(C)(S)C(C)(C)C. The summed E-state index contributed by atoms with van der Waals surface area (Å²) in [4.78, 5) is 0. The lowest BCUT2D eigenvalue weighted by molar-refractivity contribution is 0.380. The van der Waals surface area contributed by atoms with Crippen LogP contribution in [0.25, 0.3) is 0 Å². The fourth-order valence-corrected chi connectivity index (χ4v) is 0. The molecule has 0 fully saturated rings. The highest BCUT2D eigenvalue weighted by Gasteiger charge is 2.27. The summed E-state index contributed by atoms with van der Waals surface area (Å²) >= 11 is 4.44. The molecular weight excluding hydrogens is 115 g/mol. The summed E-state index contributed by atoms with van der Waals surface area (Å²) in [5.41, 5.74) is 0.302. The fraction of sp³-hybridized carbons (Fsp3) is 1.00. The van der Waals surface area contributed by atoms with Crippen molar-refractivity contribution in [2.24, 2.45) is 5.41 Å². The van der Waals surface area contributed by atoms with Gasteiger partial charge in [-0.15, -0.1) is 0 Å². The van der Waals surface area contributed by atoms with Crippen LogP contribution >= 0.6 is 12.6 Å². The Hall–Kier alpha value is 0.415. The summed E-state index contributed by atoms with van der Waals surface area (Å²) in [5.74, 6) is 0. The second-order valence-corrected chi connectivity index (χ2v) is 4.93. The monoisotopic (exact) mass is 130 g/mol. The van der Waals surface area contributed by atoms with Crippen LogP contribution in [0.3, 0.4) is 0 Å². The van der Waals surface area contributed by atoms with E-state index in [1.54, 1.807) is 0 Å². The van der Waals surface area contributed by atoms with Crippen LogP contribution in [0.2, 0.25) is 0 Å². The molecule has 1 unspecified atom stereocenters. The van der Waals surface area contributed by atoms with E-state index in [1.165, 1.54) is 0 Å². The topological polar surface area (TPSA) is 0 Å². The molecule has 0 spiro atoms. The van der Waals surface area contributed by atoms with Crippen LogP contribution in [0.1, 0.15) is 27.7 Å². The van der Waals surface area contributed by atoms with Gasteiger partial charge in [-0.1, -0.05) is 27.7 Å². The van der Waals surface area contributed by atoms with Crippen molar-refractivity contribution in [2.45, 2.75) is 32.3 Å². The van der Waals surface area contributed by atoms with E-state index in [-0.39, 0.29) is 4.65 Å². The van der Waals surface area contributed by atoms with Gasteiger partial charge in [-0.05, 0) is 10.1 Å². The maximum absolute atomic E-state index is 4.44. The third kappa shape index (κ3) is 2.12. The van der Waals surface area contributed by atoms with E-state index >= 15 is 0 Å². The normalized spacial score (nSPS) is 20.1. The quantitative estimate of drug-likeness (QED) is 0.371. The van der Waals surface area contributed by atoms with Gasteiger partial charge in [0, 0.05) is 0 Å². The summed E-state index contributed by atoms with van der Waals surface area (Å²) in [6, 6.07) is 0. The molecule has 0 heterocycles. The molecule has 0 aliphatic rings. The molecule has 0 amide bonds. The summed E-state index contributed by atoms with van der Waals surface area (Å²) in [6.45, 7) is 8.72. The minimum atomic E-state index is 0.132. The lowest BCUT2D eigenvalue weighted by atomic mass is 9.69. The molecule has 0 saturated carbocycles. The van der Waals surface area contributed by atoms with Crippen molar-refractivity contribution in [3.05, 3.63) is 0 Å². The highest BCUT2D eigenvalue weighted by molar-refractivity contribution is 7.83. The summed E-state index contributed by atoms with van der Waals surface area (Å²) in [6.07, 6.45) is 0. The van der Waals surface area contributed by atoms with Gasteiger partial charge < -0.3 is 0 Å². The molecular formula is C6H15BS. The molecule has 8 heavy (non-hydrogen) atoms. The standard InChI is InChI=1S/C6H15BS/c1-5(2,3)6(4,7)8/h8H,7H2,1-4H3. The summed E-state index contributed by atoms with van der Waals surface area (Å²) < 4.78 is 0.132. The smallest absolute Gasteiger partial charge is 0.122 e. The first-order valence-electron chi connectivity index (χ1n) is 2.97. The van der Waals surface area contributed by atoms with Crippen LogP contribution in [-0.2, 0) is 0 Å². The first kappa shape index (κ1) is 8.41. The van der Waals surface area contributed by atoms with Crippen LogP contribution in [0.15, 0.2) is 0 Å². The van der Waals surface area contributed by atoms with Crippen molar-refractivity contribution in [3.63, 3.8) is 0 Å². The maximum atomic E-state index is 4.44. The van der Waals surface area contributed by atoms with E-state index in [1.807, 2.05) is 0 Å². The Bertz CT molecular complexity index is 63.5. The van der Waals surface area contributed by atoms with Crippen molar-refractivity contribution in [1.29, 1.82) is 0 Å². The lowest BCUT2D eigenvalue weighted by Gasteiger charge is -2.34. The molecule has 0 aliphatic carbocycles. The van der Waals surface area contributed by atoms with E-state index in [9.17, 15) is 0 Å². The predicted molar refractivity (Wildman–Crippen MR) is 45.4 cm³/mol. The molecule has 0 aliphatic heterocycles. The van der Waals surface area contributed by atoms with E-state index in [0.717, 1.165) is 0 Å². The fourth-order valence-electron chi connectivity index (χ4n) is 0. The van der Waals surface area contributed by atoms with Crippen molar-refractivity contribution < 1.29 is 0 Å². The second-order valence-electron chi connectivity index (χ2n) is 3.81. The average molecular weight is 130 g/mol. The van der Waals surface area contributed by atoms with Crippen molar-refractivity contribution in [3.8, 4) is 0 Å². The molecule has 0 N–H and O–H groups in total. The lowest BCUT2D eigenvalue weighted by Crippen LogP contribution is -2.34. The number of thiol groups is 1. The number of hydrogen-bond donors (Lipinski definition) is 1. The molecule has 1 atom stereocenters. The van der Waals surface area contributed by atoms with E-state index in [4.69, 9.17) is 0 Å². The van der Waals surface area contributed by atoms with Crippen LogP contribution in [-0.4, -0.2) is 12.5 Å². The van der Waals surface area contributed by atoms with Gasteiger partial charge in [0.05, 0.1) is 0 Å². The Balaban J connectivity index is 4.02. The van der Waals surface area contributed by atoms with Crippen LogP contribution in [0.5, 0.6) is 0 Å². The Kier molecular flexibility index (Phi) is 2.08. The zero-order valence-electron chi connectivity index (χ0n) is 6.45. The molecule has 0 saturated heterocycles. The van der Waals surface area contributed by atoms with E-state index in [0.29, 0.717) is 5.41 Å². The van der Waals surface area contributed by atoms with Gasteiger partial charge >= 0.3 is 0 Å². The molecule has 0 aromatic rings. The van der Waals surface area contributed by atoms with Crippen LogP contribution < -0.4 is 0 Å². The largest absolute Gasteiger partial charge is 0.181 e. The highest BCUT2D eigenvalue weighted by atomic mass is 32.1. The Labute approximate surface area is 58.9 Å². The van der Waals surface area contributed by atoms with Gasteiger partial charge in [0.2, 0.25) is 0 Å². The van der Waals surface area contributed by atoms with Gasteiger partial charge in [-0.25, -0.2) is 0 Å². The molecule has 0 aromatic heterocycles. The van der Waals surface area contributed by atoms with Gasteiger partial charge in [0.25, 0.3) is 0 Å². The van der Waals surface area contributed by atoms with Crippen LogP contribution in [0.4, 0.5) is 0 Å². The van der Waals surface area contributed by atoms with Gasteiger partial charge in [0.15, 0.2) is 0 Å². The van der Waals surface area contributed by atoms with Gasteiger partial charge in [0.1, 0.15) is 7.85 Å². The number of rotatable bonds is 0. The Morgan fingerprint density at radius 2 is 1.25 bits per heavy atom. The number of hydrogen-bond acceptors (Lipinski definition) is 1. The highest BCUT2D eigenvalue weighted by Crippen LogP contribution is 2.31. The second kappa shape index (κ2) is 1.98. The average Bonchev–Trinajstić information content (AvgIpc) is 1.25. The van der Waals surface area contributed by atoms with E-state index in [2.05, 4.69) is 48.2 Å². The minimum absolute atomic E-state index is 0.132.